The number of aliphatic hydroxyl groups is 1. The van der Waals surface area contributed by atoms with E-state index in [-0.39, 0.29) is 6.61 Å². The van der Waals surface area contributed by atoms with E-state index < -0.39 is 0 Å². The van der Waals surface area contributed by atoms with Crippen molar-refractivity contribution in [3.05, 3.63) is 77.6 Å². The van der Waals surface area contributed by atoms with Crippen molar-refractivity contribution in [2.24, 2.45) is 0 Å². The van der Waals surface area contributed by atoms with Gasteiger partial charge < -0.3 is 9.67 Å². The SMILES string of the molecule is Cc1nc(CO)cc2c3ccccc3n(Cc3ccccc3)c12. The highest BCUT2D eigenvalue weighted by Gasteiger charge is 2.14. The second kappa shape index (κ2) is 5.52. The number of aliphatic hydroxyl groups excluding tert-OH is 1. The molecule has 1 N–H and O–H groups in total. The van der Waals surface area contributed by atoms with Crippen LogP contribution in [0.25, 0.3) is 21.8 Å². The molecular formula is C20H18N2O. The highest BCUT2D eigenvalue weighted by atomic mass is 16.3. The topological polar surface area (TPSA) is 38.1 Å². The van der Waals surface area contributed by atoms with Crippen molar-refractivity contribution in [1.29, 1.82) is 0 Å². The number of hydrogen-bond donors (Lipinski definition) is 1. The predicted molar refractivity (Wildman–Crippen MR) is 93.4 cm³/mol. The highest BCUT2D eigenvalue weighted by Crippen LogP contribution is 2.31. The molecule has 2 aromatic heterocycles. The number of aromatic nitrogens is 2. The summed E-state index contributed by atoms with van der Waals surface area (Å²) >= 11 is 0. The van der Waals surface area contributed by atoms with Crippen molar-refractivity contribution in [3.63, 3.8) is 0 Å². The van der Waals surface area contributed by atoms with E-state index in [0.717, 1.165) is 28.8 Å². The molecule has 3 nitrogen and oxygen atoms in total. The van der Waals surface area contributed by atoms with Gasteiger partial charge in [-0.15, -0.1) is 0 Å². The minimum Gasteiger partial charge on any atom is -0.390 e. The first-order valence-corrected chi connectivity index (χ1v) is 7.80. The maximum absolute atomic E-state index is 9.47. The lowest BCUT2D eigenvalue weighted by Gasteiger charge is -2.09. The number of rotatable bonds is 3. The summed E-state index contributed by atoms with van der Waals surface area (Å²) in [6, 6.07) is 20.9. The molecule has 3 heteroatoms. The third kappa shape index (κ3) is 2.30. The molecule has 0 spiro atoms. The summed E-state index contributed by atoms with van der Waals surface area (Å²) in [5.41, 5.74) is 5.29. The normalized spacial score (nSPS) is 11.4. The lowest BCUT2D eigenvalue weighted by atomic mass is 10.1. The zero-order chi connectivity index (χ0) is 15.8. The van der Waals surface area contributed by atoms with Crippen LogP contribution in [-0.2, 0) is 13.2 Å². The number of benzene rings is 2. The summed E-state index contributed by atoms with van der Waals surface area (Å²) in [5, 5.41) is 11.8. The molecule has 0 amide bonds. The summed E-state index contributed by atoms with van der Waals surface area (Å²) in [5.74, 6) is 0. The van der Waals surface area contributed by atoms with Gasteiger partial charge in [-0.1, -0.05) is 48.5 Å². The molecule has 0 aliphatic heterocycles. The molecule has 4 rings (SSSR count). The molecule has 0 aliphatic carbocycles. The van der Waals surface area contributed by atoms with Crippen LogP contribution in [0.4, 0.5) is 0 Å². The Kier molecular flexibility index (Phi) is 3.36. The Balaban J connectivity index is 2.04. The standard InChI is InChI=1S/C20H18N2O/c1-14-20-18(11-16(13-23)21-14)17-9-5-6-10-19(17)22(20)12-15-7-3-2-4-8-15/h2-11,23H,12-13H2,1H3. The molecule has 0 atom stereocenters. The lowest BCUT2D eigenvalue weighted by molar-refractivity contribution is 0.277. The molecule has 4 aromatic rings. The summed E-state index contributed by atoms with van der Waals surface area (Å²) in [6.45, 7) is 2.79. The summed E-state index contributed by atoms with van der Waals surface area (Å²) in [4.78, 5) is 4.55. The Morgan fingerprint density at radius 1 is 0.957 bits per heavy atom. The van der Waals surface area contributed by atoms with Crippen LogP contribution in [-0.4, -0.2) is 14.7 Å². The molecule has 2 aromatic carbocycles. The van der Waals surface area contributed by atoms with E-state index in [4.69, 9.17) is 0 Å². The fourth-order valence-electron chi connectivity index (χ4n) is 3.34. The predicted octanol–water partition coefficient (Wildman–Crippen LogP) is 4.04. The van der Waals surface area contributed by atoms with Crippen LogP contribution in [0.2, 0.25) is 0 Å². The number of nitrogens with zero attached hydrogens (tertiary/aromatic N) is 2. The molecule has 0 bridgehead atoms. The van der Waals surface area contributed by atoms with Crippen LogP contribution in [0.1, 0.15) is 17.0 Å². The monoisotopic (exact) mass is 302 g/mol. The fraction of sp³-hybridized carbons (Fsp3) is 0.150. The second-order valence-electron chi connectivity index (χ2n) is 5.84. The van der Waals surface area contributed by atoms with Gasteiger partial charge in [0.1, 0.15) is 0 Å². The van der Waals surface area contributed by atoms with Gasteiger partial charge in [-0.3, -0.25) is 4.98 Å². The number of para-hydroxylation sites is 1. The van der Waals surface area contributed by atoms with E-state index in [2.05, 4.69) is 58.1 Å². The molecule has 0 radical (unpaired) electrons. The quantitative estimate of drug-likeness (QED) is 0.620. The summed E-state index contributed by atoms with van der Waals surface area (Å²) < 4.78 is 2.32. The van der Waals surface area contributed by atoms with Gasteiger partial charge in [0.25, 0.3) is 0 Å². The Morgan fingerprint density at radius 2 is 1.70 bits per heavy atom. The van der Waals surface area contributed by atoms with Gasteiger partial charge in [0.05, 0.1) is 23.5 Å². The Morgan fingerprint density at radius 3 is 2.48 bits per heavy atom. The summed E-state index contributed by atoms with van der Waals surface area (Å²) in [6.07, 6.45) is 0. The first-order valence-electron chi connectivity index (χ1n) is 7.80. The van der Waals surface area contributed by atoms with Crippen LogP contribution in [0.5, 0.6) is 0 Å². The smallest absolute Gasteiger partial charge is 0.0853 e. The molecule has 0 saturated carbocycles. The molecule has 0 aliphatic rings. The van der Waals surface area contributed by atoms with Crippen molar-refractivity contribution in [1.82, 2.24) is 9.55 Å². The minimum atomic E-state index is -0.0328. The Bertz CT molecular complexity index is 987. The third-order valence-electron chi connectivity index (χ3n) is 4.32. The second-order valence-corrected chi connectivity index (χ2v) is 5.84. The average Bonchev–Trinajstić information content (AvgIpc) is 2.90. The van der Waals surface area contributed by atoms with Crippen molar-refractivity contribution in [2.45, 2.75) is 20.1 Å². The van der Waals surface area contributed by atoms with Gasteiger partial charge in [0.2, 0.25) is 0 Å². The fourth-order valence-corrected chi connectivity index (χ4v) is 3.34. The van der Waals surface area contributed by atoms with Crippen molar-refractivity contribution < 1.29 is 5.11 Å². The maximum Gasteiger partial charge on any atom is 0.0853 e. The largest absolute Gasteiger partial charge is 0.390 e. The van der Waals surface area contributed by atoms with Gasteiger partial charge in [-0.2, -0.15) is 0 Å². The summed E-state index contributed by atoms with van der Waals surface area (Å²) in [7, 11) is 0. The molecule has 114 valence electrons. The van der Waals surface area contributed by atoms with Crippen LogP contribution >= 0.6 is 0 Å². The van der Waals surface area contributed by atoms with Gasteiger partial charge in [-0.25, -0.2) is 0 Å². The first kappa shape index (κ1) is 14.0. The lowest BCUT2D eigenvalue weighted by Crippen LogP contribution is -2.02. The molecule has 0 fully saturated rings. The first-order chi connectivity index (χ1) is 11.3. The van der Waals surface area contributed by atoms with E-state index >= 15 is 0 Å². The average molecular weight is 302 g/mol. The van der Waals surface area contributed by atoms with Crippen LogP contribution < -0.4 is 0 Å². The van der Waals surface area contributed by atoms with Gasteiger partial charge >= 0.3 is 0 Å². The van der Waals surface area contributed by atoms with E-state index in [1.807, 2.05) is 19.1 Å². The molecule has 2 heterocycles. The number of aryl methyl sites for hydroxylation is 1. The van der Waals surface area contributed by atoms with Crippen molar-refractivity contribution in [3.8, 4) is 0 Å². The van der Waals surface area contributed by atoms with Crippen LogP contribution in [0.15, 0.2) is 60.7 Å². The third-order valence-corrected chi connectivity index (χ3v) is 4.32. The van der Waals surface area contributed by atoms with Crippen LogP contribution in [0, 0.1) is 6.92 Å². The zero-order valence-corrected chi connectivity index (χ0v) is 13.0. The Hall–Kier alpha value is -2.65. The number of fused-ring (bicyclic) bond motifs is 3. The molecule has 23 heavy (non-hydrogen) atoms. The molecular weight excluding hydrogens is 284 g/mol. The zero-order valence-electron chi connectivity index (χ0n) is 13.0. The van der Waals surface area contributed by atoms with Crippen molar-refractivity contribution >= 4 is 21.8 Å². The van der Waals surface area contributed by atoms with Crippen LogP contribution in [0.3, 0.4) is 0 Å². The van der Waals surface area contributed by atoms with E-state index in [1.165, 1.54) is 16.5 Å². The van der Waals surface area contributed by atoms with E-state index in [1.54, 1.807) is 0 Å². The van der Waals surface area contributed by atoms with Gasteiger partial charge in [0.15, 0.2) is 0 Å². The van der Waals surface area contributed by atoms with Gasteiger partial charge in [-0.05, 0) is 24.6 Å². The van der Waals surface area contributed by atoms with E-state index in [0.29, 0.717) is 0 Å². The Labute approximate surface area is 134 Å². The minimum absolute atomic E-state index is 0.0328. The molecule has 0 saturated heterocycles. The van der Waals surface area contributed by atoms with Crippen molar-refractivity contribution in [2.75, 3.05) is 0 Å². The van der Waals surface area contributed by atoms with E-state index in [9.17, 15) is 5.11 Å². The number of pyridine rings is 1. The van der Waals surface area contributed by atoms with Gasteiger partial charge in [0, 0.05) is 22.8 Å². The molecule has 0 unspecified atom stereocenters. The highest BCUT2D eigenvalue weighted by molar-refractivity contribution is 6.08. The number of hydrogen-bond acceptors (Lipinski definition) is 2. The maximum atomic E-state index is 9.47.